The largest absolute Gasteiger partial charge is 0.351 e. The summed E-state index contributed by atoms with van der Waals surface area (Å²) in [5.74, 6) is -1.42. The first kappa shape index (κ1) is 27.5. The Bertz CT molecular complexity index is 1570. The van der Waals surface area contributed by atoms with E-state index in [4.69, 9.17) is 10.8 Å². The SMILES string of the molecule is CCc1cccc(CC)c1-n1nc2c(c1-c1cc(F)c(NC(N)=O)cc1F)CN(Cc1cc(C)ccc1C)CC2. The number of hydrogen-bond donors (Lipinski definition) is 2. The molecule has 3 aromatic carbocycles. The van der Waals surface area contributed by atoms with Crippen molar-refractivity contribution in [3.8, 4) is 16.9 Å². The molecule has 1 aromatic heterocycles. The number of rotatable bonds is 7. The van der Waals surface area contributed by atoms with E-state index in [0.29, 0.717) is 18.7 Å². The number of nitrogens with zero attached hydrogens (tertiary/aromatic N) is 3. The van der Waals surface area contributed by atoms with E-state index >= 15 is 8.78 Å². The second-order valence-corrected chi connectivity index (χ2v) is 10.5. The van der Waals surface area contributed by atoms with E-state index in [1.807, 2.05) is 10.7 Å². The van der Waals surface area contributed by atoms with Crippen LogP contribution in [0.2, 0.25) is 0 Å². The summed E-state index contributed by atoms with van der Waals surface area (Å²) in [6, 6.07) is 13.8. The molecule has 4 aromatic rings. The van der Waals surface area contributed by atoms with Gasteiger partial charge in [-0.3, -0.25) is 4.90 Å². The number of para-hydroxylation sites is 1. The quantitative estimate of drug-likeness (QED) is 0.276. The van der Waals surface area contributed by atoms with Crippen LogP contribution in [0.15, 0.2) is 48.5 Å². The van der Waals surface area contributed by atoms with Crippen molar-refractivity contribution in [1.82, 2.24) is 14.7 Å². The van der Waals surface area contributed by atoms with Crippen LogP contribution in [-0.4, -0.2) is 27.3 Å². The minimum absolute atomic E-state index is 0.0998. The minimum atomic E-state index is -0.958. The van der Waals surface area contributed by atoms with E-state index < -0.39 is 17.7 Å². The summed E-state index contributed by atoms with van der Waals surface area (Å²) in [7, 11) is 0. The number of benzene rings is 3. The fourth-order valence-electron chi connectivity index (χ4n) is 5.66. The predicted molar refractivity (Wildman–Crippen MR) is 155 cm³/mol. The number of carbonyl (C=O) groups is 1. The standard InChI is InChI=1S/C32H35F2N5O/c1-5-21-8-7-9-22(6-2)30(21)39-31(24-15-27(34)29(16-26(24)33)36-32(35)40)25-18-38(13-12-28(25)37-39)17-23-14-19(3)10-11-20(23)4/h7-11,14-16H,5-6,12-13,17-18H2,1-4H3,(H3,35,36,40). The van der Waals surface area contributed by atoms with Gasteiger partial charge in [-0.05, 0) is 55.0 Å². The van der Waals surface area contributed by atoms with Gasteiger partial charge in [0.1, 0.15) is 11.6 Å². The van der Waals surface area contributed by atoms with Gasteiger partial charge in [-0.1, -0.05) is 55.8 Å². The lowest BCUT2D eigenvalue weighted by Gasteiger charge is -2.27. The average molecular weight is 544 g/mol. The first-order valence-electron chi connectivity index (χ1n) is 13.8. The highest BCUT2D eigenvalue weighted by Crippen LogP contribution is 2.38. The molecular weight excluding hydrogens is 508 g/mol. The predicted octanol–water partition coefficient (Wildman–Crippen LogP) is 6.61. The summed E-state index contributed by atoms with van der Waals surface area (Å²) in [4.78, 5) is 13.7. The molecule has 8 heteroatoms. The number of halogens is 2. The van der Waals surface area contributed by atoms with Crippen molar-refractivity contribution < 1.29 is 13.6 Å². The lowest BCUT2D eigenvalue weighted by molar-refractivity contribution is 0.244. The summed E-state index contributed by atoms with van der Waals surface area (Å²) >= 11 is 0. The van der Waals surface area contributed by atoms with E-state index in [1.54, 1.807) is 0 Å². The van der Waals surface area contributed by atoms with Crippen molar-refractivity contribution in [2.75, 3.05) is 11.9 Å². The van der Waals surface area contributed by atoms with Crippen LogP contribution in [0.5, 0.6) is 0 Å². The number of aromatic nitrogens is 2. The molecular formula is C32H35F2N5O. The van der Waals surface area contributed by atoms with Gasteiger partial charge >= 0.3 is 6.03 Å². The van der Waals surface area contributed by atoms with E-state index in [1.165, 1.54) is 16.7 Å². The Morgan fingerprint density at radius 3 is 2.40 bits per heavy atom. The third-order valence-corrected chi connectivity index (χ3v) is 7.76. The first-order valence-corrected chi connectivity index (χ1v) is 13.8. The minimum Gasteiger partial charge on any atom is -0.351 e. The summed E-state index contributed by atoms with van der Waals surface area (Å²) in [5.41, 5.74) is 14.1. The number of amides is 2. The molecule has 40 heavy (non-hydrogen) atoms. The Morgan fingerprint density at radius 2 is 1.73 bits per heavy atom. The molecule has 0 atom stereocenters. The van der Waals surface area contributed by atoms with Gasteiger partial charge in [0.2, 0.25) is 0 Å². The van der Waals surface area contributed by atoms with Crippen molar-refractivity contribution in [2.24, 2.45) is 5.73 Å². The number of anilines is 1. The summed E-state index contributed by atoms with van der Waals surface area (Å²) in [6.07, 6.45) is 2.23. The smallest absolute Gasteiger partial charge is 0.316 e. The lowest BCUT2D eigenvalue weighted by atomic mass is 9.97. The molecule has 0 radical (unpaired) electrons. The third kappa shape index (κ3) is 5.23. The van der Waals surface area contributed by atoms with E-state index in [2.05, 4.69) is 68.2 Å². The van der Waals surface area contributed by atoms with Crippen LogP contribution < -0.4 is 11.1 Å². The number of urea groups is 1. The van der Waals surface area contributed by atoms with Crippen LogP contribution in [0.4, 0.5) is 19.3 Å². The highest BCUT2D eigenvalue weighted by Gasteiger charge is 2.30. The van der Waals surface area contributed by atoms with Gasteiger partial charge in [0.05, 0.1) is 22.8 Å². The molecule has 0 saturated carbocycles. The van der Waals surface area contributed by atoms with Crippen molar-refractivity contribution in [2.45, 2.75) is 60.0 Å². The average Bonchev–Trinajstić information content (AvgIpc) is 3.29. The van der Waals surface area contributed by atoms with Crippen LogP contribution in [0.25, 0.3) is 16.9 Å². The Balaban J connectivity index is 1.68. The molecule has 0 aliphatic carbocycles. The molecule has 2 amide bonds. The highest BCUT2D eigenvalue weighted by atomic mass is 19.1. The fourth-order valence-corrected chi connectivity index (χ4v) is 5.66. The van der Waals surface area contributed by atoms with Gasteiger partial charge in [0, 0.05) is 43.2 Å². The van der Waals surface area contributed by atoms with E-state index in [9.17, 15) is 4.79 Å². The Labute approximate surface area is 233 Å². The second kappa shape index (κ2) is 11.2. The number of nitrogens with two attached hydrogens (primary N) is 1. The maximum absolute atomic E-state index is 15.8. The van der Waals surface area contributed by atoms with Gasteiger partial charge < -0.3 is 11.1 Å². The molecule has 1 aliphatic heterocycles. The molecule has 0 spiro atoms. The molecule has 2 heterocycles. The van der Waals surface area contributed by atoms with Crippen LogP contribution in [0.3, 0.4) is 0 Å². The zero-order valence-electron chi connectivity index (χ0n) is 23.4. The van der Waals surface area contributed by atoms with Gasteiger partial charge in [-0.2, -0.15) is 5.10 Å². The van der Waals surface area contributed by atoms with Crippen molar-refractivity contribution in [1.29, 1.82) is 0 Å². The van der Waals surface area contributed by atoms with Crippen LogP contribution in [0.1, 0.15) is 52.9 Å². The van der Waals surface area contributed by atoms with Gasteiger partial charge in [-0.25, -0.2) is 18.3 Å². The normalized spacial score (nSPS) is 13.3. The van der Waals surface area contributed by atoms with Crippen molar-refractivity contribution in [3.05, 3.63) is 99.2 Å². The molecule has 1 aliphatic rings. The summed E-state index contributed by atoms with van der Waals surface area (Å²) < 4.78 is 32.8. The zero-order valence-corrected chi connectivity index (χ0v) is 23.4. The number of nitrogens with one attached hydrogen (secondary N) is 1. The number of hydrogen-bond acceptors (Lipinski definition) is 3. The van der Waals surface area contributed by atoms with Gasteiger partial charge in [0.25, 0.3) is 0 Å². The molecule has 5 rings (SSSR count). The van der Waals surface area contributed by atoms with Gasteiger partial charge in [-0.15, -0.1) is 0 Å². The summed E-state index contributed by atoms with van der Waals surface area (Å²) in [5, 5.41) is 7.21. The molecule has 0 bridgehead atoms. The number of primary amides is 1. The molecule has 6 nitrogen and oxygen atoms in total. The molecule has 0 unspecified atom stereocenters. The second-order valence-electron chi connectivity index (χ2n) is 10.5. The van der Waals surface area contributed by atoms with Crippen LogP contribution in [0, 0.1) is 25.5 Å². The number of fused-ring (bicyclic) bond motifs is 1. The molecule has 0 saturated heterocycles. The Morgan fingerprint density at radius 1 is 1.00 bits per heavy atom. The van der Waals surface area contributed by atoms with Gasteiger partial charge in [0.15, 0.2) is 0 Å². The maximum Gasteiger partial charge on any atom is 0.316 e. The topological polar surface area (TPSA) is 76.2 Å². The lowest BCUT2D eigenvalue weighted by Crippen LogP contribution is -2.30. The van der Waals surface area contributed by atoms with Crippen LogP contribution >= 0.6 is 0 Å². The van der Waals surface area contributed by atoms with E-state index in [-0.39, 0.29) is 11.3 Å². The maximum atomic E-state index is 15.8. The van der Waals surface area contributed by atoms with E-state index in [0.717, 1.165) is 66.1 Å². The Kier molecular flexibility index (Phi) is 7.72. The first-order chi connectivity index (χ1) is 19.2. The zero-order chi connectivity index (χ0) is 28.6. The molecule has 208 valence electrons. The fraction of sp³-hybridized carbons (Fsp3) is 0.312. The summed E-state index contributed by atoms with van der Waals surface area (Å²) in [6.45, 7) is 10.5. The van der Waals surface area contributed by atoms with Crippen molar-refractivity contribution >= 4 is 11.7 Å². The molecule has 0 fully saturated rings. The van der Waals surface area contributed by atoms with Crippen LogP contribution in [-0.2, 0) is 32.4 Å². The highest BCUT2D eigenvalue weighted by molar-refractivity contribution is 5.88. The third-order valence-electron chi connectivity index (χ3n) is 7.76. The molecule has 3 N–H and O–H groups in total. The number of carbonyl (C=O) groups excluding carboxylic acids is 1. The monoisotopic (exact) mass is 543 g/mol. The Hall–Kier alpha value is -4.04. The number of aryl methyl sites for hydroxylation is 4. The van der Waals surface area contributed by atoms with Crippen molar-refractivity contribution in [3.63, 3.8) is 0 Å².